The number of phosphoric ester groups is 1. The number of unbranched alkanes of at least 4 members (excludes halogenated alkanes) is 21. The van der Waals surface area contributed by atoms with Crippen molar-refractivity contribution in [1.82, 2.24) is 5.32 Å². The van der Waals surface area contributed by atoms with Gasteiger partial charge in [0.15, 0.2) is 0 Å². The van der Waals surface area contributed by atoms with E-state index >= 15 is 0 Å². The minimum atomic E-state index is -4.47. The molecule has 2 N–H and O–H groups in total. The van der Waals surface area contributed by atoms with Crippen molar-refractivity contribution in [3.63, 3.8) is 0 Å². The fraction of sp³-hybridized carbons (Fsp3) is 0.676. The van der Waals surface area contributed by atoms with Crippen molar-refractivity contribution in [2.24, 2.45) is 0 Å². The Balaban J connectivity index is 5.27. The molecule has 0 aromatic carbocycles. The highest BCUT2D eigenvalue weighted by Gasteiger charge is 2.30. The molecule has 0 saturated carbocycles. The Kier molecular flexibility index (Phi) is 54.1. The van der Waals surface area contributed by atoms with E-state index in [0.29, 0.717) is 30.3 Å². The lowest BCUT2D eigenvalue weighted by Crippen LogP contribution is -2.47. The summed E-state index contributed by atoms with van der Waals surface area (Å²) in [7, 11) is 1.45. The molecule has 0 aliphatic rings. The van der Waals surface area contributed by atoms with Gasteiger partial charge >= 0.3 is 13.8 Å². The van der Waals surface area contributed by atoms with Crippen molar-refractivity contribution in [3.8, 4) is 0 Å². The van der Waals surface area contributed by atoms with Crippen LogP contribution in [0.4, 0.5) is 0 Å². The van der Waals surface area contributed by atoms with Gasteiger partial charge in [0, 0.05) is 12.8 Å². The van der Waals surface area contributed by atoms with Gasteiger partial charge in [0.05, 0.1) is 33.8 Å². The number of carbonyl (C=O) groups is 2. The molecule has 0 aliphatic heterocycles. The number of ether oxygens (including phenoxy) is 1. The van der Waals surface area contributed by atoms with Crippen LogP contribution in [-0.2, 0) is 27.9 Å². The minimum absolute atomic E-state index is 0.0266. The predicted octanol–water partition coefficient (Wildman–Crippen LogP) is 19.5. The molecule has 0 fully saturated rings. The molecular formula is C68H118N2O7P+. The molecule has 1 amide bonds. The lowest BCUT2D eigenvalue weighted by Gasteiger charge is -2.27. The van der Waals surface area contributed by atoms with Gasteiger partial charge in [-0.2, -0.15) is 0 Å². The van der Waals surface area contributed by atoms with Crippen LogP contribution in [-0.4, -0.2) is 74.3 Å². The molecule has 0 heterocycles. The Morgan fingerprint density at radius 3 is 1.23 bits per heavy atom. The maximum absolute atomic E-state index is 13.5. The van der Waals surface area contributed by atoms with Gasteiger partial charge in [-0.1, -0.05) is 239 Å². The highest BCUT2D eigenvalue weighted by molar-refractivity contribution is 7.47. The number of carbonyl (C=O) groups excluding carboxylic acids is 2. The molecule has 78 heavy (non-hydrogen) atoms. The number of hydrogen-bond acceptors (Lipinski definition) is 6. The molecule has 3 atom stereocenters. The largest absolute Gasteiger partial charge is 0.472 e. The normalized spacial score (nSPS) is 14.5. The van der Waals surface area contributed by atoms with Crippen LogP contribution in [0.25, 0.3) is 0 Å². The van der Waals surface area contributed by atoms with Gasteiger partial charge in [-0.15, -0.1) is 0 Å². The zero-order valence-electron chi connectivity index (χ0n) is 50.9. The quantitative estimate of drug-likeness (QED) is 0.0205. The third kappa shape index (κ3) is 57.1. The minimum Gasteiger partial charge on any atom is -0.456 e. The average molecular weight is 1110 g/mol. The van der Waals surface area contributed by atoms with E-state index in [0.717, 1.165) is 141 Å². The molecule has 0 aromatic rings. The summed E-state index contributed by atoms with van der Waals surface area (Å²) in [5.41, 5.74) is 0. The average Bonchev–Trinajstić information content (AvgIpc) is 3.40. The molecule has 446 valence electrons. The maximum atomic E-state index is 13.5. The van der Waals surface area contributed by atoms with E-state index in [2.05, 4.69) is 135 Å². The van der Waals surface area contributed by atoms with E-state index in [1.165, 1.54) is 57.8 Å². The summed E-state index contributed by atoms with van der Waals surface area (Å²) >= 11 is 0. The van der Waals surface area contributed by atoms with Gasteiger partial charge in [0.2, 0.25) is 5.91 Å². The third-order valence-electron chi connectivity index (χ3n) is 13.1. The number of esters is 1. The molecule has 0 aromatic heterocycles. The van der Waals surface area contributed by atoms with Crippen LogP contribution in [0.1, 0.15) is 245 Å². The standard InChI is InChI=1S/C68H117N2O7P/c1-7-10-13-16-19-22-25-28-30-31-32-33-34-35-36-37-38-39-40-43-46-49-52-55-58-61-68(72)77-66(59-56-53-50-47-44-41-27-24-21-18-15-12-9-3)65(64-76-78(73,74)75-63-62-70(4,5)6)69-67(71)60-57-54-51-48-45-42-29-26-23-20-17-14-11-8-2/h10-11,13-14,19-20,22-23,28-30,32-33,35-36,38-39,42,56,59,65-66H,7-9,12,15-18,21,24-27,31,34,37,40-41,43-55,57-58,60-64H2,1-6H3,(H-,69,71,73,74)/p+1/b13-10-,14-11+,22-19-,23-20+,30-28-,33-32-,36-35-,39-38-,42-29+,59-56-. The second-order valence-corrected chi connectivity index (χ2v) is 23.3. The number of nitrogens with zero attached hydrogens (tertiary/aromatic N) is 1. The molecule has 3 unspecified atom stereocenters. The first-order valence-corrected chi connectivity index (χ1v) is 32.9. The third-order valence-corrected chi connectivity index (χ3v) is 14.1. The predicted molar refractivity (Wildman–Crippen MR) is 336 cm³/mol. The van der Waals surface area contributed by atoms with Gasteiger partial charge in [-0.3, -0.25) is 18.6 Å². The number of nitrogens with one attached hydrogen (secondary N) is 1. The topological polar surface area (TPSA) is 111 Å². The van der Waals surface area contributed by atoms with Crippen LogP contribution in [0.2, 0.25) is 0 Å². The highest BCUT2D eigenvalue weighted by Crippen LogP contribution is 2.43. The molecule has 0 radical (unpaired) electrons. The molecule has 10 heteroatoms. The zero-order valence-corrected chi connectivity index (χ0v) is 51.8. The maximum Gasteiger partial charge on any atom is 0.472 e. The molecule has 0 saturated heterocycles. The molecule has 0 rings (SSSR count). The summed E-state index contributed by atoms with van der Waals surface area (Å²) in [5.74, 6) is -0.555. The number of phosphoric acid groups is 1. The molecule has 0 spiro atoms. The fourth-order valence-corrected chi connectivity index (χ4v) is 9.10. The van der Waals surface area contributed by atoms with Gasteiger partial charge in [0.1, 0.15) is 19.3 Å². The lowest BCUT2D eigenvalue weighted by molar-refractivity contribution is -0.870. The van der Waals surface area contributed by atoms with Crippen molar-refractivity contribution in [2.45, 2.75) is 258 Å². The van der Waals surface area contributed by atoms with E-state index in [4.69, 9.17) is 13.8 Å². The second kappa shape index (κ2) is 56.7. The molecule has 9 nitrogen and oxygen atoms in total. The van der Waals surface area contributed by atoms with E-state index in [-0.39, 0.29) is 31.5 Å². The first-order valence-electron chi connectivity index (χ1n) is 31.4. The molecular weight excluding hydrogens is 988 g/mol. The van der Waals surface area contributed by atoms with Crippen LogP contribution < -0.4 is 5.32 Å². The van der Waals surface area contributed by atoms with Crippen molar-refractivity contribution < 1.29 is 37.3 Å². The van der Waals surface area contributed by atoms with Gasteiger partial charge in [0.25, 0.3) is 0 Å². The summed E-state index contributed by atoms with van der Waals surface area (Å²) in [6.07, 6.45) is 79.1. The summed E-state index contributed by atoms with van der Waals surface area (Å²) < 4.78 is 30.7. The Hall–Kier alpha value is -3.59. The van der Waals surface area contributed by atoms with E-state index in [9.17, 15) is 19.0 Å². The second-order valence-electron chi connectivity index (χ2n) is 21.8. The summed E-state index contributed by atoms with van der Waals surface area (Å²) in [6.45, 7) is 6.74. The highest BCUT2D eigenvalue weighted by atomic mass is 31.2. The smallest absolute Gasteiger partial charge is 0.456 e. The first kappa shape index (κ1) is 74.4. The van der Waals surface area contributed by atoms with Crippen LogP contribution in [0.3, 0.4) is 0 Å². The van der Waals surface area contributed by atoms with Gasteiger partial charge < -0.3 is 19.4 Å². The van der Waals surface area contributed by atoms with Crippen molar-refractivity contribution in [3.05, 3.63) is 122 Å². The monoisotopic (exact) mass is 1110 g/mol. The Morgan fingerprint density at radius 1 is 0.462 bits per heavy atom. The van der Waals surface area contributed by atoms with Crippen LogP contribution >= 0.6 is 7.82 Å². The number of allylic oxidation sites excluding steroid dienone is 19. The summed E-state index contributed by atoms with van der Waals surface area (Å²) in [6, 6.07) is -0.875. The SMILES string of the molecule is CC/C=C\C/C=C\C/C=C\C/C=C\C/C=C\C/C=C\CCCCCCCCC(=O)OC(/C=C\CCCCCCCCCCCCC)C(COP(=O)(O)OCC[N+](C)(C)C)NC(=O)CCCCCC/C=C/C/C=C/C/C=C/CC. The number of quaternary nitrogens is 1. The summed E-state index contributed by atoms with van der Waals surface area (Å²) in [5, 5.41) is 3.04. The number of amides is 1. The Bertz CT molecular complexity index is 1750. The van der Waals surface area contributed by atoms with Crippen molar-refractivity contribution >= 4 is 19.7 Å². The fourth-order valence-electron chi connectivity index (χ4n) is 8.37. The van der Waals surface area contributed by atoms with Crippen LogP contribution in [0.5, 0.6) is 0 Å². The zero-order chi connectivity index (χ0) is 57.2. The van der Waals surface area contributed by atoms with Crippen LogP contribution in [0, 0.1) is 0 Å². The van der Waals surface area contributed by atoms with E-state index in [1.807, 2.05) is 33.3 Å². The lowest BCUT2D eigenvalue weighted by atomic mass is 10.0. The summed E-state index contributed by atoms with van der Waals surface area (Å²) in [4.78, 5) is 37.7. The first-order chi connectivity index (χ1) is 37.9. The Labute approximate surface area is 480 Å². The van der Waals surface area contributed by atoms with Gasteiger partial charge in [-0.25, -0.2) is 4.57 Å². The van der Waals surface area contributed by atoms with E-state index in [1.54, 1.807) is 0 Å². The van der Waals surface area contributed by atoms with Crippen LogP contribution in [0.15, 0.2) is 122 Å². The van der Waals surface area contributed by atoms with Crippen molar-refractivity contribution in [2.75, 3.05) is 40.9 Å². The van der Waals surface area contributed by atoms with E-state index < -0.39 is 20.0 Å². The Morgan fingerprint density at radius 2 is 0.821 bits per heavy atom. The number of likely N-dealkylation sites (N-methyl/N-ethyl adjacent to an activating group) is 1. The van der Waals surface area contributed by atoms with Gasteiger partial charge in [-0.05, 0) is 115 Å². The number of rotatable bonds is 55. The number of hydrogen-bond donors (Lipinski definition) is 2. The molecule has 0 bridgehead atoms. The molecule has 0 aliphatic carbocycles. The van der Waals surface area contributed by atoms with Crippen molar-refractivity contribution in [1.29, 1.82) is 0 Å².